The summed E-state index contributed by atoms with van der Waals surface area (Å²) < 4.78 is 11.2. The fourth-order valence-electron chi connectivity index (χ4n) is 4.41. The lowest BCUT2D eigenvalue weighted by Gasteiger charge is -2.28. The van der Waals surface area contributed by atoms with Crippen molar-refractivity contribution in [2.75, 3.05) is 39.4 Å². The molecule has 1 aliphatic rings. The molecule has 2 aromatic carbocycles. The zero-order chi connectivity index (χ0) is 26.9. The summed E-state index contributed by atoms with van der Waals surface area (Å²) in [6.07, 6.45) is 3.31. The van der Waals surface area contributed by atoms with Gasteiger partial charge in [-0.3, -0.25) is 9.59 Å². The van der Waals surface area contributed by atoms with Crippen molar-refractivity contribution in [2.45, 2.75) is 26.8 Å². The van der Waals surface area contributed by atoms with Crippen LogP contribution in [0.5, 0.6) is 11.5 Å². The van der Waals surface area contributed by atoms with Gasteiger partial charge in [0.05, 0.1) is 11.6 Å². The Bertz CT molecular complexity index is 1160. The first-order valence-corrected chi connectivity index (χ1v) is 12.5. The number of aryl methyl sites for hydroxylation is 1. The molecule has 7 nitrogen and oxygen atoms in total. The van der Waals surface area contributed by atoms with Crippen LogP contribution in [0.4, 0.5) is 0 Å². The average Bonchev–Trinajstić information content (AvgIpc) is 3.16. The lowest BCUT2D eigenvalue weighted by molar-refractivity contribution is -0.140. The van der Waals surface area contributed by atoms with E-state index in [-0.39, 0.29) is 11.3 Å². The van der Waals surface area contributed by atoms with Gasteiger partial charge in [-0.15, -0.1) is 0 Å². The van der Waals surface area contributed by atoms with Crippen molar-refractivity contribution in [3.8, 4) is 11.5 Å². The third-order valence-electron chi connectivity index (χ3n) is 6.46. The Labute approximate surface area is 219 Å². The second-order valence-corrected chi connectivity index (χ2v) is 8.77. The number of Topliss-reactive ketones (excluding diaryl/α,β-unsaturated/α-hetero) is 1. The van der Waals surface area contributed by atoms with E-state index < -0.39 is 17.7 Å². The van der Waals surface area contributed by atoms with Gasteiger partial charge in [0.15, 0.2) is 0 Å². The minimum Gasteiger partial charge on any atom is -0.507 e. The summed E-state index contributed by atoms with van der Waals surface area (Å²) in [4.78, 5) is 30.3. The number of ketones is 1. The van der Waals surface area contributed by atoms with E-state index in [1.807, 2.05) is 19.1 Å². The van der Waals surface area contributed by atoms with Crippen LogP contribution in [0, 0.1) is 6.92 Å². The van der Waals surface area contributed by atoms with Crippen molar-refractivity contribution < 1.29 is 24.2 Å². The summed E-state index contributed by atoms with van der Waals surface area (Å²) in [7, 11) is 0. The van der Waals surface area contributed by atoms with Crippen LogP contribution in [-0.2, 0) is 9.59 Å². The fraction of sp³-hybridized carbons (Fsp3) is 0.333. The van der Waals surface area contributed by atoms with E-state index in [1.165, 1.54) is 0 Å². The third-order valence-corrected chi connectivity index (χ3v) is 6.46. The van der Waals surface area contributed by atoms with Gasteiger partial charge in [-0.05, 0) is 61.5 Å². The predicted octanol–water partition coefficient (Wildman–Crippen LogP) is 4.89. The van der Waals surface area contributed by atoms with Gasteiger partial charge in [-0.25, -0.2) is 0 Å². The molecule has 1 N–H and O–H groups in total. The Morgan fingerprint density at radius 1 is 1.03 bits per heavy atom. The number of aliphatic hydroxyl groups excluding tert-OH is 1. The first-order valence-electron chi connectivity index (χ1n) is 12.5. The van der Waals surface area contributed by atoms with Crippen molar-refractivity contribution in [3.05, 3.63) is 90.0 Å². The molecular formula is C30H36N2O5. The highest BCUT2D eigenvalue weighted by Gasteiger charge is 2.46. The van der Waals surface area contributed by atoms with E-state index in [4.69, 9.17) is 9.47 Å². The van der Waals surface area contributed by atoms with Crippen molar-refractivity contribution >= 4 is 17.4 Å². The maximum Gasteiger partial charge on any atom is 0.295 e. The number of hydrogen-bond donors (Lipinski definition) is 1. The van der Waals surface area contributed by atoms with E-state index in [2.05, 4.69) is 31.9 Å². The quantitative estimate of drug-likeness (QED) is 0.181. The summed E-state index contributed by atoms with van der Waals surface area (Å²) >= 11 is 0. The molecule has 37 heavy (non-hydrogen) atoms. The highest BCUT2D eigenvalue weighted by Crippen LogP contribution is 2.40. The standard InChI is InChI=1S/C30H36N2O5/c1-6-18-36-24-13-10-22(11-14-24)27-26(29(34)30(35)32(27)17-16-31(8-3)9-4)28(33)23-12-15-25(21(5)20-23)37-19-7-2/h6-7,10-15,20,27,33H,1-2,8-9,16-19H2,3-5H3/t27-/m0/s1. The van der Waals surface area contributed by atoms with Crippen molar-refractivity contribution in [3.63, 3.8) is 0 Å². The summed E-state index contributed by atoms with van der Waals surface area (Å²) in [5.41, 5.74) is 2.03. The number of benzene rings is 2. The van der Waals surface area contributed by atoms with Gasteiger partial charge in [0.2, 0.25) is 0 Å². The zero-order valence-electron chi connectivity index (χ0n) is 21.9. The van der Waals surface area contributed by atoms with Gasteiger partial charge in [-0.2, -0.15) is 0 Å². The Balaban J connectivity index is 2.06. The minimum atomic E-state index is -0.721. The first-order chi connectivity index (χ1) is 17.9. The number of amides is 1. The molecule has 0 aromatic heterocycles. The van der Waals surface area contributed by atoms with Crippen molar-refractivity contribution in [2.24, 2.45) is 0 Å². The second-order valence-electron chi connectivity index (χ2n) is 8.77. The smallest absolute Gasteiger partial charge is 0.295 e. The van der Waals surface area contributed by atoms with Crippen LogP contribution in [0.15, 0.2) is 73.3 Å². The second kappa shape index (κ2) is 12.9. The Hall–Kier alpha value is -3.84. The molecule has 7 heteroatoms. The first kappa shape index (κ1) is 27.7. The van der Waals surface area contributed by atoms with Gasteiger partial charge in [-0.1, -0.05) is 51.3 Å². The zero-order valence-corrected chi connectivity index (χ0v) is 21.9. The Kier molecular flexibility index (Phi) is 9.69. The molecular weight excluding hydrogens is 468 g/mol. The number of ether oxygens (including phenoxy) is 2. The third kappa shape index (κ3) is 6.30. The molecule has 1 amide bonds. The van der Waals surface area contributed by atoms with Crippen LogP contribution in [0.3, 0.4) is 0 Å². The van der Waals surface area contributed by atoms with Crippen molar-refractivity contribution in [1.29, 1.82) is 0 Å². The van der Waals surface area contributed by atoms with E-state index in [9.17, 15) is 14.7 Å². The largest absolute Gasteiger partial charge is 0.507 e. The van der Waals surface area contributed by atoms with E-state index in [0.717, 1.165) is 18.7 Å². The van der Waals surface area contributed by atoms with Crippen LogP contribution in [-0.4, -0.2) is 66.0 Å². The molecule has 0 radical (unpaired) electrons. The topological polar surface area (TPSA) is 79.3 Å². The predicted molar refractivity (Wildman–Crippen MR) is 146 cm³/mol. The van der Waals surface area contributed by atoms with Gasteiger partial charge < -0.3 is 24.4 Å². The maximum atomic E-state index is 13.3. The number of likely N-dealkylation sites (N-methyl/N-ethyl adjacent to an activating group) is 1. The van der Waals surface area contributed by atoms with Gasteiger partial charge in [0.25, 0.3) is 11.7 Å². The normalized spacial score (nSPS) is 16.8. The lowest BCUT2D eigenvalue weighted by Crippen LogP contribution is -2.38. The van der Waals surface area contributed by atoms with E-state index >= 15 is 0 Å². The lowest BCUT2D eigenvalue weighted by atomic mass is 9.94. The SMILES string of the molecule is C=CCOc1ccc([C@H]2C(=C(O)c3ccc(OCC=C)c(C)c3)C(=O)C(=O)N2CCN(CC)CC)cc1. The molecule has 0 saturated carbocycles. The maximum absolute atomic E-state index is 13.3. The van der Waals surface area contributed by atoms with Gasteiger partial charge in [0, 0.05) is 18.7 Å². The number of rotatable bonds is 13. The average molecular weight is 505 g/mol. The summed E-state index contributed by atoms with van der Waals surface area (Å²) in [5, 5.41) is 11.4. The molecule has 1 aliphatic heterocycles. The molecule has 0 unspecified atom stereocenters. The number of likely N-dealkylation sites (tertiary alicyclic amines) is 1. The number of aliphatic hydroxyl groups is 1. The van der Waals surface area contributed by atoms with Gasteiger partial charge >= 0.3 is 0 Å². The van der Waals surface area contributed by atoms with E-state index in [0.29, 0.717) is 48.9 Å². The number of hydrogen-bond acceptors (Lipinski definition) is 6. The van der Waals surface area contributed by atoms with Crippen LogP contribution in [0.2, 0.25) is 0 Å². The number of carbonyl (C=O) groups is 2. The fourth-order valence-corrected chi connectivity index (χ4v) is 4.41. The summed E-state index contributed by atoms with van der Waals surface area (Å²) in [5.74, 6) is -0.219. The summed E-state index contributed by atoms with van der Waals surface area (Å²) in [6, 6.07) is 11.7. The summed E-state index contributed by atoms with van der Waals surface area (Å²) in [6.45, 7) is 16.7. The van der Waals surface area contributed by atoms with Crippen LogP contribution in [0.25, 0.3) is 5.76 Å². The molecule has 1 atom stereocenters. The molecule has 0 bridgehead atoms. The van der Waals surface area contributed by atoms with Crippen molar-refractivity contribution in [1.82, 2.24) is 9.80 Å². The minimum absolute atomic E-state index is 0.0727. The van der Waals surface area contributed by atoms with Crippen LogP contribution >= 0.6 is 0 Å². The monoisotopic (exact) mass is 504 g/mol. The highest BCUT2D eigenvalue weighted by atomic mass is 16.5. The van der Waals surface area contributed by atoms with Crippen LogP contribution < -0.4 is 9.47 Å². The van der Waals surface area contributed by atoms with Crippen LogP contribution in [0.1, 0.15) is 36.6 Å². The van der Waals surface area contributed by atoms with E-state index in [1.54, 1.807) is 47.4 Å². The number of nitrogens with zero attached hydrogens (tertiary/aromatic N) is 2. The molecule has 3 rings (SSSR count). The molecule has 2 aromatic rings. The molecule has 1 heterocycles. The highest BCUT2D eigenvalue weighted by molar-refractivity contribution is 6.46. The Morgan fingerprint density at radius 2 is 1.68 bits per heavy atom. The molecule has 196 valence electrons. The van der Waals surface area contributed by atoms with Gasteiger partial charge in [0.1, 0.15) is 30.5 Å². The molecule has 1 saturated heterocycles. The molecule has 1 fully saturated rings. The molecule has 0 aliphatic carbocycles. The molecule has 0 spiro atoms. The Morgan fingerprint density at radius 3 is 2.27 bits per heavy atom. The number of carbonyl (C=O) groups excluding carboxylic acids is 2.